The monoisotopic (exact) mass is 368 g/mol. The lowest BCUT2D eigenvalue weighted by Crippen LogP contribution is -2.13. The van der Waals surface area contributed by atoms with E-state index in [4.69, 9.17) is 9.47 Å². The summed E-state index contributed by atoms with van der Waals surface area (Å²) >= 11 is 1.31. The number of hydrogen-bond donors (Lipinski definition) is 0. The number of benzene rings is 2. The number of nitrogens with zero attached hydrogens (tertiary/aromatic N) is 2. The molecule has 0 unspecified atom stereocenters. The van der Waals surface area contributed by atoms with Crippen LogP contribution in [-0.2, 0) is 16.0 Å². The highest BCUT2D eigenvalue weighted by Gasteiger charge is 2.07. The Morgan fingerprint density at radius 1 is 1.08 bits per heavy atom. The first-order valence-corrected chi connectivity index (χ1v) is 9.45. The Hall–Kier alpha value is -2.60. The number of carbonyl (C=O) groups excluding carboxylic acids is 1. The fraction of sp³-hybridized carbons (Fsp3) is 0.250. The summed E-state index contributed by atoms with van der Waals surface area (Å²) in [5.41, 5.74) is 2.87. The molecule has 2 aromatic carbocycles. The van der Waals surface area contributed by atoms with Crippen LogP contribution in [0.2, 0.25) is 0 Å². The number of ether oxygens (including phenoxy) is 2. The first kappa shape index (κ1) is 18.2. The van der Waals surface area contributed by atoms with Crippen LogP contribution < -0.4 is 4.74 Å². The normalized spacial score (nSPS) is 10.7. The first-order valence-electron chi connectivity index (χ1n) is 8.46. The number of thioether (sulfide) groups is 1. The van der Waals surface area contributed by atoms with Crippen molar-refractivity contribution < 1.29 is 14.3 Å². The molecule has 6 heteroatoms. The molecule has 134 valence electrons. The standard InChI is InChI=1S/C20H20N2O3S/c1-2-15-6-5-7-16(12-15)24-10-11-25-20(23)14-26-19-13-21-17-8-3-4-9-18(17)22-19/h3-9,12-13H,2,10-11,14H2,1H3. The van der Waals surface area contributed by atoms with Crippen molar-refractivity contribution in [1.82, 2.24) is 9.97 Å². The number of aryl methyl sites for hydroxylation is 1. The second-order valence-corrected chi connectivity index (χ2v) is 6.55. The predicted molar refractivity (Wildman–Crippen MR) is 103 cm³/mol. The summed E-state index contributed by atoms with van der Waals surface area (Å²) in [6, 6.07) is 15.5. The average Bonchev–Trinajstić information content (AvgIpc) is 2.69. The van der Waals surface area contributed by atoms with Gasteiger partial charge in [-0.1, -0.05) is 43.0 Å². The molecular weight excluding hydrogens is 348 g/mol. The van der Waals surface area contributed by atoms with Gasteiger partial charge in [-0.3, -0.25) is 9.78 Å². The number of carbonyl (C=O) groups is 1. The summed E-state index contributed by atoms with van der Waals surface area (Å²) in [5, 5.41) is 0.702. The van der Waals surface area contributed by atoms with E-state index in [1.807, 2.05) is 42.5 Å². The van der Waals surface area contributed by atoms with E-state index in [0.717, 1.165) is 23.2 Å². The number of aromatic nitrogens is 2. The van der Waals surface area contributed by atoms with Gasteiger partial charge in [0.1, 0.15) is 24.0 Å². The molecule has 3 aromatic rings. The third-order valence-electron chi connectivity index (χ3n) is 3.69. The molecule has 0 N–H and O–H groups in total. The summed E-state index contributed by atoms with van der Waals surface area (Å²) in [6.07, 6.45) is 2.63. The molecule has 5 nitrogen and oxygen atoms in total. The minimum absolute atomic E-state index is 0.193. The molecule has 0 amide bonds. The van der Waals surface area contributed by atoms with Crippen LogP contribution in [0.4, 0.5) is 0 Å². The Balaban J connectivity index is 1.39. The molecule has 0 radical (unpaired) electrons. The van der Waals surface area contributed by atoms with Gasteiger partial charge in [0.15, 0.2) is 0 Å². The van der Waals surface area contributed by atoms with Gasteiger partial charge >= 0.3 is 5.97 Å². The van der Waals surface area contributed by atoms with Gasteiger partial charge in [-0.25, -0.2) is 4.98 Å². The summed E-state index contributed by atoms with van der Waals surface area (Å²) in [7, 11) is 0. The Morgan fingerprint density at radius 2 is 1.92 bits per heavy atom. The van der Waals surface area contributed by atoms with E-state index in [1.165, 1.54) is 17.3 Å². The highest BCUT2D eigenvalue weighted by Crippen LogP contribution is 2.18. The van der Waals surface area contributed by atoms with Gasteiger partial charge in [0, 0.05) is 0 Å². The zero-order valence-electron chi connectivity index (χ0n) is 14.6. The van der Waals surface area contributed by atoms with Gasteiger partial charge < -0.3 is 9.47 Å². The molecule has 0 saturated carbocycles. The maximum absolute atomic E-state index is 11.8. The lowest BCUT2D eigenvalue weighted by atomic mass is 10.2. The van der Waals surface area contributed by atoms with Crippen molar-refractivity contribution in [1.29, 1.82) is 0 Å². The van der Waals surface area contributed by atoms with E-state index in [0.29, 0.717) is 11.6 Å². The molecule has 0 saturated heterocycles. The third-order valence-corrected chi connectivity index (χ3v) is 4.56. The molecular formula is C20H20N2O3S. The SMILES string of the molecule is CCc1cccc(OCCOC(=O)CSc2cnc3ccccc3n2)c1. The van der Waals surface area contributed by atoms with Crippen molar-refractivity contribution in [2.45, 2.75) is 18.4 Å². The Bertz CT molecular complexity index is 886. The molecule has 0 atom stereocenters. The second kappa shape index (κ2) is 9.20. The maximum atomic E-state index is 11.8. The molecule has 0 fully saturated rings. The topological polar surface area (TPSA) is 61.3 Å². The smallest absolute Gasteiger partial charge is 0.316 e. The number of rotatable bonds is 8. The van der Waals surface area contributed by atoms with Crippen molar-refractivity contribution >= 4 is 28.8 Å². The van der Waals surface area contributed by atoms with Crippen molar-refractivity contribution in [3.05, 3.63) is 60.3 Å². The highest BCUT2D eigenvalue weighted by atomic mass is 32.2. The number of fused-ring (bicyclic) bond motifs is 1. The zero-order valence-corrected chi connectivity index (χ0v) is 15.4. The average molecular weight is 368 g/mol. The maximum Gasteiger partial charge on any atom is 0.316 e. The van der Waals surface area contributed by atoms with Gasteiger partial charge in [-0.05, 0) is 36.2 Å². The van der Waals surface area contributed by atoms with Crippen molar-refractivity contribution in [2.75, 3.05) is 19.0 Å². The Labute approximate surface area is 156 Å². The third kappa shape index (κ3) is 5.20. The predicted octanol–water partition coefficient (Wildman–Crippen LogP) is 3.91. The van der Waals surface area contributed by atoms with Crippen LogP contribution in [0.25, 0.3) is 11.0 Å². The lowest BCUT2D eigenvalue weighted by molar-refractivity contribution is -0.141. The van der Waals surface area contributed by atoms with E-state index in [1.54, 1.807) is 6.20 Å². The fourth-order valence-electron chi connectivity index (χ4n) is 2.35. The highest BCUT2D eigenvalue weighted by molar-refractivity contribution is 7.99. The number of para-hydroxylation sites is 2. The minimum atomic E-state index is -0.295. The molecule has 0 bridgehead atoms. The van der Waals surface area contributed by atoms with Crippen LogP contribution in [0.1, 0.15) is 12.5 Å². The Morgan fingerprint density at radius 3 is 2.77 bits per heavy atom. The molecule has 0 aliphatic heterocycles. The number of esters is 1. The minimum Gasteiger partial charge on any atom is -0.490 e. The van der Waals surface area contributed by atoms with Gasteiger partial charge in [0.25, 0.3) is 0 Å². The van der Waals surface area contributed by atoms with Gasteiger partial charge in [0.05, 0.1) is 23.0 Å². The van der Waals surface area contributed by atoms with Crippen LogP contribution in [0, 0.1) is 0 Å². The number of hydrogen-bond acceptors (Lipinski definition) is 6. The van der Waals surface area contributed by atoms with Crippen LogP contribution in [-0.4, -0.2) is 34.9 Å². The van der Waals surface area contributed by atoms with Crippen molar-refractivity contribution in [3.63, 3.8) is 0 Å². The van der Waals surface area contributed by atoms with Crippen LogP contribution in [0.3, 0.4) is 0 Å². The van der Waals surface area contributed by atoms with Crippen molar-refractivity contribution in [3.8, 4) is 5.75 Å². The second-order valence-electron chi connectivity index (χ2n) is 5.56. The van der Waals surface area contributed by atoms with Gasteiger partial charge in [-0.15, -0.1) is 0 Å². The molecule has 26 heavy (non-hydrogen) atoms. The van der Waals surface area contributed by atoms with E-state index < -0.39 is 0 Å². The van der Waals surface area contributed by atoms with E-state index in [9.17, 15) is 4.79 Å². The molecule has 3 rings (SSSR count). The van der Waals surface area contributed by atoms with Gasteiger partial charge in [-0.2, -0.15) is 0 Å². The quantitative estimate of drug-likeness (QED) is 0.341. The van der Waals surface area contributed by atoms with Crippen LogP contribution >= 0.6 is 11.8 Å². The first-order chi connectivity index (χ1) is 12.7. The zero-order chi connectivity index (χ0) is 18.2. The molecule has 1 aromatic heterocycles. The summed E-state index contributed by atoms with van der Waals surface area (Å²) in [4.78, 5) is 20.6. The van der Waals surface area contributed by atoms with E-state index in [-0.39, 0.29) is 18.3 Å². The molecule has 1 heterocycles. The summed E-state index contributed by atoms with van der Waals surface area (Å²) in [5.74, 6) is 0.690. The largest absolute Gasteiger partial charge is 0.490 e. The van der Waals surface area contributed by atoms with E-state index in [2.05, 4.69) is 23.0 Å². The summed E-state index contributed by atoms with van der Waals surface area (Å²) < 4.78 is 10.8. The fourth-order valence-corrected chi connectivity index (χ4v) is 2.99. The van der Waals surface area contributed by atoms with Crippen molar-refractivity contribution in [2.24, 2.45) is 0 Å². The lowest BCUT2D eigenvalue weighted by Gasteiger charge is -2.08. The molecule has 0 aliphatic carbocycles. The van der Waals surface area contributed by atoms with Crippen LogP contribution in [0.15, 0.2) is 59.8 Å². The molecule has 0 aliphatic rings. The van der Waals surface area contributed by atoms with Gasteiger partial charge in [0.2, 0.25) is 0 Å². The summed E-state index contributed by atoms with van der Waals surface area (Å²) in [6.45, 7) is 2.65. The van der Waals surface area contributed by atoms with Crippen LogP contribution in [0.5, 0.6) is 5.75 Å². The molecule has 0 spiro atoms. The van der Waals surface area contributed by atoms with E-state index >= 15 is 0 Å². The Kier molecular flexibility index (Phi) is 6.44.